The van der Waals surface area contributed by atoms with E-state index >= 15 is 0 Å². The van der Waals surface area contributed by atoms with Crippen LogP contribution in [-0.2, 0) is 6.42 Å². The van der Waals surface area contributed by atoms with Crippen LogP contribution in [0, 0.1) is 5.82 Å². The minimum atomic E-state index is -0.582. The van der Waals surface area contributed by atoms with Crippen LogP contribution in [0.15, 0.2) is 59.4 Å². The minimum Gasteiger partial charge on any atom is -0.432 e. The number of nitrogens with zero attached hydrogens (tertiary/aromatic N) is 5. The van der Waals surface area contributed by atoms with Gasteiger partial charge in [0.15, 0.2) is 5.58 Å². The van der Waals surface area contributed by atoms with Crippen LogP contribution in [0.5, 0.6) is 0 Å². The van der Waals surface area contributed by atoms with Crippen molar-refractivity contribution in [3.05, 3.63) is 83.8 Å². The molecule has 0 spiro atoms. The van der Waals surface area contributed by atoms with Crippen molar-refractivity contribution in [2.45, 2.75) is 12.5 Å². The number of H-pyrrole nitrogens is 1. The topological polar surface area (TPSA) is 92.3 Å². The normalized spacial score (nSPS) is 16.3. The molecule has 1 aromatic carbocycles. The fourth-order valence-corrected chi connectivity index (χ4v) is 4.01. The van der Waals surface area contributed by atoms with E-state index in [1.165, 1.54) is 10.6 Å². The van der Waals surface area contributed by atoms with Crippen molar-refractivity contribution >= 4 is 22.5 Å². The predicted molar refractivity (Wildman–Crippen MR) is 104 cm³/mol. The van der Waals surface area contributed by atoms with Crippen LogP contribution in [0.2, 0.25) is 0 Å². The van der Waals surface area contributed by atoms with Gasteiger partial charge in [0.05, 0.1) is 17.7 Å². The summed E-state index contributed by atoms with van der Waals surface area (Å²) in [4.78, 5) is 26.9. The molecule has 6 rings (SSSR count). The van der Waals surface area contributed by atoms with Crippen molar-refractivity contribution in [1.29, 1.82) is 0 Å². The number of hydrogen-bond acceptors (Lipinski definition) is 5. The van der Waals surface area contributed by atoms with Crippen molar-refractivity contribution in [2.24, 2.45) is 0 Å². The summed E-state index contributed by atoms with van der Waals surface area (Å²) in [5.74, 6) is -0.733. The highest BCUT2D eigenvalue weighted by atomic mass is 19.1. The molecule has 1 amide bonds. The van der Waals surface area contributed by atoms with E-state index in [0.29, 0.717) is 41.0 Å². The Morgan fingerprint density at radius 1 is 1.23 bits per heavy atom. The highest BCUT2D eigenvalue weighted by molar-refractivity contribution is 5.93. The molecule has 5 heterocycles. The third-order valence-electron chi connectivity index (χ3n) is 5.41. The number of oxazole rings is 1. The first-order chi connectivity index (χ1) is 14.7. The summed E-state index contributed by atoms with van der Waals surface area (Å²) in [6, 6.07) is 11.3. The molecule has 148 valence electrons. The summed E-state index contributed by atoms with van der Waals surface area (Å²) >= 11 is 0. The summed E-state index contributed by atoms with van der Waals surface area (Å²) in [5.41, 5.74) is 3.64. The molecular weight excluding hydrogens is 387 g/mol. The first kappa shape index (κ1) is 16.9. The van der Waals surface area contributed by atoms with E-state index in [9.17, 15) is 9.18 Å². The molecule has 1 aliphatic rings. The number of carbonyl (C=O) groups is 1. The Morgan fingerprint density at radius 3 is 3.00 bits per heavy atom. The van der Waals surface area contributed by atoms with Crippen LogP contribution in [-0.4, -0.2) is 41.9 Å². The number of aromatic amines is 1. The lowest BCUT2D eigenvalue weighted by Crippen LogP contribution is -2.41. The van der Waals surface area contributed by atoms with E-state index in [1.54, 1.807) is 41.7 Å². The third kappa shape index (κ3) is 2.45. The van der Waals surface area contributed by atoms with E-state index in [-0.39, 0.29) is 17.6 Å². The lowest BCUT2D eigenvalue weighted by Gasteiger charge is -2.32. The zero-order valence-corrected chi connectivity index (χ0v) is 15.6. The molecule has 1 aliphatic heterocycles. The molecule has 8 nitrogen and oxygen atoms in total. The maximum Gasteiger partial charge on any atom is 0.310 e. The predicted octanol–water partition coefficient (Wildman–Crippen LogP) is 3.13. The summed E-state index contributed by atoms with van der Waals surface area (Å²) < 4.78 is 21.4. The van der Waals surface area contributed by atoms with Crippen molar-refractivity contribution in [2.75, 3.05) is 6.54 Å². The van der Waals surface area contributed by atoms with E-state index in [0.717, 1.165) is 5.69 Å². The van der Waals surface area contributed by atoms with Gasteiger partial charge in [-0.2, -0.15) is 5.10 Å². The molecule has 0 bridgehead atoms. The Kier molecular flexibility index (Phi) is 3.52. The second-order valence-corrected chi connectivity index (χ2v) is 7.16. The standard InChI is InChI=1S/C21H15FN6O2/c22-12-4-3-8-28-16(12)10-15(26-28)19-18-14(23-11-24-18)7-9-27(19)21(29)20-25-13-5-1-2-6-17(13)30-20/h1-6,8,10-11,19H,7,9H2,(H,23,24)/t19-/m1/s1. The Balaban J connectivity index is 1.48. The Morgan fingerprint density at radius 2 is 2.13 bits per heavy atom. The number of benzene rings is 1. The number of hydrogen-bond donors (Lipinski definition) is 1. The van der Waals surface area contributed by atoms with Crippen molar-refractivity contribution in [3.8, 4) is 0 Å². The van der Waals surface area contributed by atoms with Gasteiger partial charge in [-0.25, -0.2) is 18.9 Å². The Bertz CT molecular complexity index is 1380. The number of pyridine rings is 1. The molecule has 0 aliphatic carbocycles. The Hall–Kier alpha value is -4.01. The molecular formula is C21H15FN6O2. The molecule has 9 heteroatoms. The first-order valence-electron chi connectivity index (χ1n) is 9.51. The molecule has 0 fully saturated rings. The van der Waals surface area contributed by atoms with Crippen LogP contribution in [0.25, 0.3) is 16.6 Å². The molecule has 0 radical (unpaired) electrons. The van der Waals surface area contributed by atoms with E-state index in [2.05, 4.69) is 20.1 Å². The summed E-state index contributed by atoms with van der Waals surface area (Å²) in [6.45, 7) is 0.424. The van der Waals surface area contributed by atoms with Crippen LogP contribution in [0.1, 0.15) is 33.8 Å². The number of amides is 1. The van der Waals surface area contributed by atoms with Crippen LogP contribution < -0.4 is 0 Å². The lowest BCUT2D eigenvalue weighted by atomic mass is 9.99. The van der Waals surface area contributed by atoms with Gasteiger partial charge in [0.25, 0.3) is 5.89 Å². The quantitative estimate of drug-likeness (QED) is 0.490. The highest BCUT2D eigenvalue weighted by Crippen LogP contribution is 2.34. The van der Waals surface area contributed by atoms with E-state index in [1.807, 2.05) is 12.1 Å². The molecule has 0 unspecified atom stereocenters. The van der Waals surface area contributed by atoms with Gasteiger partial charge < -0.3 is 14.3 Å². The average Bonchev–Trinajstić information content (AvgIpc) is 3.49. The van der Waals surface area contributed by atoms with Crippen molar-refractivity contribution < 1.29 is 13.6 Å². The third-order valence-corrected chi connectivity index (χ3v) is 5.41. The fourth-order valence-electron chi connectivity index (χ4n) is 4.01. The summed E-state index contributed by atoms with van der Waals surface area (Å²) in [7, 11) is 0. The van der Waals surface area contributed by atoms with Gasteiger partial charge in [0, 0.05) is 24.9 Å². The number of aromatic nitrogens is 5. The average molecular weight is 402 g/mol. The zero-order valence-electron chi connectivity index (χ0n) is 15.6. The van der Waals surface area contributed by atoms with Gasteiger partial charge in [0.2, 0.25) is 0 Å². The van der Waals surface area contributed by atoms with Gasteiger partial charge in [-0.05, 0) is 30.3 Å². The van der Waals surface area contributed by atoms with Crippen molar-refractivity contribution in [3.63, 3.8) is 0 Å². The lowest BCUT2D eigenvalue weighted by molar-refractivity contribution is 0.0648. The van der Waals surface area contributed by atoms with E-state index in [4.69, 9.17) is 4.42 Å². The molecule has 1 atom stereocenters. The first-order valence-corrected chi connectivity index (χ1v) is 9.51. The van der Waals surface area contributed by atoms with Gasteiger partial charge in [-0.15, -0.1) is 0 Å². The van der Waals surface area contributed by atoms with E-state index < -0.39 is 6.04 Å². The Labute approximate surface area is 169 Å². The number of fused-ring (bicyclic) bond motifs is 3. The number of imidazole rings is 1. The number of halogens is 1. The second kappa shape index (κ2) is 6.24. The number of nitrogens with one attached hydrogen (secondary N) is 1. The van der Waals surface area contributed by atoms with Gasteiger partial charge in [0.1, 0.15) is 22.9 Å². The second-order valence-electron chi connectivity index (χ2n) is 7.16. The summed E-state index contributed by atoms with van der Waals surface area (Å²) in [5, 5.41) is 4.52. The molecule has 0 saturated carbocycles. The van der Waals surface area contributed by atoms with Crippen LogP contribution in [0.3, 0.4) is 0 Å². The molecule has 1 N–H and O–H groups in total. The van der Waals surface area contributed by atoms with Gasteiger partial charge >= 0.3 is 5.91 Å². The molecule has 30 heavy (non-hydrogen) atoms. The van der Waals surface area contributed by atoms with Crippen LogP contribution >= 0.6 is 0 Å². The van der Waals surface area contributed by atoms with Gasteiger partial charge in [-0.1, -0.05) is 12.1 Å². The highest BCUT2D eigenvalue weighted by Gasteiger charge is 2.38. The minimum absolute atomic E-state index is 0.00938. The maximum absolute atomic E-state index is 14.3. The van der Waals surface area contributed by atoms with Crippen molar-refractivity contribution in [1.82, 2.24) is 29.5 Å². The fraction of sp³-hybridized carbons (Fsp3) is 0.143. The van der Waals surface area contributed by atoms with Gasteiger partial charge in [-0.3, -0.25) is 4.79 Å². The maximum atomic E-state index is 14.3. The largest absolute Gasteiger partial charge is 0.432 e. The smallest absolute Gasteiger partial charge is 0.310 e. The molecule has 0 saturated heterocycles. The number of carbonyl (C=O) groups excluding carboxylic acids is 1. The van der Waals surface area contributed by atoms with Crippen LogP contribution in [0.4, 0.5) is 4.39 Å². The molecule has 5 aromatic rings. The summed E-state index contributed by atoms with van der Waals surface area (Å²) in [6.07, 6.45) is 3.88. The SMILES string of the molecule is O=C(c1nc2ccccc2o1)N1CCc2[nH]cnc2[C@H]1c1cc2c(F)cccn2n1. The molecule has 4 aromatic heterocycles. The monoisotopic (exact) mass is 402 g/mol. The number of para-hydroxylation sites is 2. The number of rotatable bonds is 2. The zero-order chi connectivity index (χ0) is 20.2.